The SMILES string of the molecule is CN1/C(=C(\Cl)C2=[N+](C)c3ccc(I)cc3C2(C)C)C(C)(C)c2cc(I)ccc21. The van der Waals surface area contributed by atoms with Crippen molar-refractivity contribution >= 4 is 73.9 Å². The average Bonchev–Trinajstić information content (AvgIpc) is 2.92. The highest BCUT2D eigenvalue weighted by molar-refractivity contribution is 14.1. The van der Waals surface area contributed by atoms with Gasteiger partial charge >= 0.3 is 0 Å². The molecule has 0 unspecified atom stereocenters. The number of nitrogens with zero attached hydrogens (tertiary/aromatic N) is 2. The van der Waals surface area contributed by atoms with Crippen molar-refractivity contribution in [3.8, 4) is 0 Å². The van der Waals surface area contributed by atoms with Crippen molar-refractivity contribution in [3.63, 3.8) is 0 Å². The molecular weight excluding hydrogens is 594 g/mol. The molecule has 2 heterocycles. The number of fused-ring (bicyclic) bond motifs is 2. The Bertz CT molecular complexity index is 1080. The third-order valence-corrected chi connectivity index (χ3v) is 7.96. The zero-order valence-corrected chi connectivity index (χ0v) is 22.1. The third kappa shape index (κ3) is 2.81. The lowest BCUT2D eigenvalue weighted by molar-refractivity contribution is -0.401. The van der Waals surface area contributed by atoms with Gasteiger partial charge in [-0.25, -0.2) is 0 Å². The van der Waals surface area contributed by atoms with Crippen LogP contribution in [-0.2, 0) is 10.8 Å². The molecule has 0 saturated carbocycles. The molecule has 2 aliphatic heterocycles. The van der Waals surface area contributed by atoms with E-state index in [4.69, 9.17) is 11.6 Å². The molecule has 2 nitrogen and oxygen atoms in total. The maximum atomic E-state index is 7.27. The van der Waals surface area contributed by atoms with Crippen LogP contribution >= 0.6 is 56.8 Å². The van der Waals surface area contributed by atoms with Crippen LogP contribution in [-0.4, -0.2) is 24.4 Å². The Morgan fingerprint density at radius 1 is 0.929 bits per heavy atom. The summed E-state index contributed by atoms with van der Waals surface area (Å²) in [6.07, 6.45) is 0. The fourth-order valence-corrected chi connectivity index (χ4v) is 6.60. The lowest BCUT2D eigenvalue weighted by atomic mass is 9.78. The van der Waals surface area contributed by atoms with Gasteiger partial charge in [0.25, 0.3) is 0 Å². The number of allylic oxidation sites excluding steroid dienone is 2. The normalized spacial score (nSPS) is 21.1. The molecular formula is C23H24ClI2N2+. The predicted octanol–water partition coefficient (Wildman–Crippen LogP) is 6.78. The number of benzene rings is 2. The van der Waals surface area contributed by atoms with E-state index < -0.39 is 0 Å². The minimum atomic E-state index is -0.157. The number of rotatable bonds is 1. The van der Waals surface area contributed by atoms with E-state index in [1.807, 2.05) is 0 Å². The Morgan fingerprint density at radius 3 is 2.14 bits per heavy atom. The quantitative estimate of drug-likeness (QED) is 0.253. The maximum absolute atomic E-state index is 7.27. The molecule has 0 bridgehead atoms. The van der Waals surface area contributed by atoms with Gasteiger partial charge in [-0.15, -0.1) is 0 Å². The molecule has 2 aromatic carbocycles. The van der Waals surface area contributed by atoms with E-state index in [2.05, 4.69) is 133 Å². The predicted molar refractivity (Wildman–Crippen MR) is 137 cm³/mol. The Balaban J connectivity index is 1.96. The topological polar surface area (TPSA) is 6.25 Å². The highest BCUT2D eigenvalue weighted by Crippen LogP contribution is 2.51. The zero-order chi connectivity index (χ0) is 20.6. The lowest BCUT2D eigenvalue weighted by Gasteiger charge is -2.27. The molecule has 0 amide bonds. The largest absolute Gasteiger partial charge is 0.346 e. The fourth-order valence-electron chi connectivity index (χ4n) is 4.89. The third-order valence-electron chi connectivity index (χ3n) is 6.26. The van der Waals surface area contributed by atoms with Gasteiger partial charge < -0.3 is 4.90 Å². The van der Waals surface area contributed by atoms with Crippen LogP contribution in [0.2, 0.25) is 0 Å². The molecule has 0 aliphatic carbocycles. The average molecular weight is 618 g/mol. The van der Waals surface area contributed by atoms with Crippen LogP contribution in [0.3, 0.4) is 0 Å². The van der Waals surface area contributed by atoms with E-state index >= 15 is 0 Å². The van der Waals surface area contributed by atoms with Gasteiger partial charge in [0.1, 0.15) is 12.1 Å². The van der Waals surface area contributed by atoms with Crippen molar-refractivity contribution in [2.24, 2.45) is 0 Å². The van der Waals surface area contributed by atoms with Gasteiger partial charge in [-0.1, -0.05) is 25.4 Å². The Hall–Kier alpha value is -0.600. The molecule has 2 aromatic rings. The van der Waals surface area contributed by atoms with Crippen LogP contribution in [0.25, 0.3) is 0 Å². The highest BCUT2D eigenvalue weighted by Gasteiger charge is 2.50. The molecule has 0 atom stereocenters. The van der Waals surface area contributed by atoms with Crippen LogP contribution in [0.5, 0.6) is 0 Å². The molecule has 0 fully saturated rings. The Kier molecular flexibility index (Phi) is 4.95. The van der Waals surface area contributed by atoms with E-state index in [0.29, 0.717) is 0 Å². The summed E-state index contributed by atoms with van der Waals surface area (Å²) >= 11 is 12.0. The second-order valence-corrected chi connectivity index (χ2v) is 11.6. The molecule has 0 saturated heterocycles. The Morgan fingerprint density at radius 2 is 1.50 bits per heavy atom. The monoisotopic (exact) mass is 617 g/mol. The molecule has 0 aromatic heterocycles. The van der Waals surface area contributed by atoms with Crippen molar-refractivity contribution in [1.29, 1.82) is 0 Å². The summed E-state index contributed by atoms with van der Waals surface area (Å²) in [6.45, 7) is 9.12. The van der Waals surface area contributed by atoms with Crippen molar-refractivity contribution in [1.82, 2.24) is 0 Å². The molecule has 4 rings (SSSR count). The number of anilines is 1. The van der Waals surface area contributed by atoms with E-state index in [1.165, 1.54) is 41.1 Å². The van der Waals surface area contributed by atoms with Crippen molar-refractivity contribution in [2.45, 2.75) is 38.5 Å². The second kappa shape index (κ2) is 6.71. The first kappa shape index (κ1) is 20.7. The van der Waals surface area contributed by atoms with E-state index in [0.717, 1.165) is 5.03 Å². The molecule has 146 valence electrons. The van der Waals surface area contributed by atoms with Crippen molar-refractivity contribution < 1.29 is 4.58 Å². The second-order valence-electron chi connectivity index (χ2n) is 8.70. The zero-order valence-electron chi connectivity index (χ0n) is 17.0. The maximum Gasteiger partial charge on any atom is 0.212 e. The summed E-state index contributed by atoms with van der Waals surface area (Å²) in [4.78, 5) is 2.28. The fraction of sp³-hybridized carbons (Fsp3) is 0.348. The smallest absolute Gasteiger partial charge is 0.212 e. The summed E-state index contributed by atoms with van der Waals surface area (Å²) < 4.78 is 4.78. The van der Waals surface area contributed by atoms with Crippen LogP contribution in [0.15, 0.2) is 47.1 Å². The summed E-state index contributed by atoms with van der Waals surface area (Å²) in [6, 6.07) is 13.3. The van der Waals surface area contributed by atoms with E-state index in [9.17, 15) is 0 Å². The molecule has 5 heteroatoms. The van der Waals surface area contributed by atoms with Gasteiger partial charge in [-0.2, -0.15) is 4.58 Å². The lowest BCUT2D eigenvalue weighted by Crippen LogP contribution is -2.34. The van der Waals surface area contributed by atoms with Gasteiger partial charge in [0.2, 0.25) is 11.4 Å². The standard InChI is InChI=1S/C23H24ClI2N2/c1-22(2)15-11-13(25)7-9-17(15)27(5)20(22)19(24)21-23(3,4)16-12-14(26)8-10-18(16)28(21)6/h7-12H,1-6H3/q+1. The molecule has 2 aliphatic rings. The minimum Gasteiger partial charge on any atom is -0.346 e. The highest BCUT2D eigenvalue weighted by atomic mass is 127. The summed E-state index contributed by atoms with van der Waals surface area (Å²) in [5.74, 6) is 0. The van der Waals surface area contributed by atoms with E-state index in [1.54, 1.807) is 0 Å². The van der Waals surface area contributed by atoms with Gasteiger partial charge in [0.05, 0.1) is 11.1 Å². The van der Waals surface area contributed by atoms with E-state index in [-0.39, 0.29) is 10.8 Å². The van der Waals surface area contributed by atoms with Crippen LogP contribution in [0.1, 0.15) is 38.8 Å². The van der Waals surface area contributed by atoms with Gasteiger partial charge in [-0.05, 0) is 94.9 Å². The van der Waals surface area contributed by atoms with Crippen LogP contribution in [0.4, 0.5) is 11.4 Å². The first-order valence-electron chi connectivity index (χ1n) is 9.33. The molecule has 0 spiro atoms. The minimum absolute atomic E-state index is 0.157. The van der Waals surface area contributed by atoms with Crippen LogP contribution in [0, 0.1) is 7.14 Å². The van der Waals surface area contributed by atoms with Crippen LogP contribution < -0.4 is 4.90 Å². The summed E-state index contributed by atoms with van der Waals surface area (Å²) in [5.41, 5.74) is 7.18. The molecule has 0 radical (unpaired) electrons. The molecule has 0 N–H and O–H groups in total. The molecule has 28 heavy (non-hydrogen) atoms. The number of likely N-dealkylation sites (N-methyl/N-ethyl adjacent to an activating group) is 1. The number of hydrogen-bond donors (Lipinski definition) is 0. The first-order chi connectivity index (χ1) is 13.0. The Labute approximate surface area is 199 Å². The van der Waals surface area contributed by atoms with Gasteiger partial charge in [0.15, 0.2) is 0 Å². The summed E-state index contributed by atoms with van der Waals surface area (Å²) in [7, 11) is 4.27. The number of halogens is 3. The number of hydrogen-bond acceptors (Lipinski definition) is 1. The summed E-state index contributed by atoms with van der Waals surface area (Å²) in [5, 5.41) is 0.859. The van der Waals surface area contributed by atoms with Gasteiger partial charge in [-0.3, -0.25) is 0 Å². The van der Waals surface area contributed by atoms with Crippen molar-refractivity contribution in [3.05, 3.63) is 65.4 Å². The van der Waals surface area contributed by atoms with Crippen molar-refractivity contribution in [2.75, 3.05) is 19.0 Å². The van der Waals surface area contributed by atoms with Gasteiger partial charge in [0, 0.05) is 36.9 Å². The first-order valence-corrected chi connectivity index (χ1v) is 11.9.